The molecule has 0 aliphatic heterocycles. The van der Waals surface area contributed by atoms with E-state index in [2.05, 4.69) is 205 Å². The lowest BCUT2D eigenvalue weighted by molar-refractivity contribution is 0.469. The first-order chi connectivity index (χ1) is 26.7. The van der Waals surface area contributed by atoms with Crippen LogP contribution in [0.3, 0.4) is 0 Å². The van der Waals surface area contributed by atoms with Gasteiger partial charge in [0.15, 0.2) is 0 Å². The Morgan fingerprint density at radius 1 is 0.333 bits per heavy atom. The minimum atomic E-state index is -0.00388. The van der Waals surface area contributed by atoms with Crippen LogP contribution in [0.4, 0.5) is 0 Å². The van der Waals surface area contributed by atoms with Crippen molar-refractivity contribution in [1.82, 2.24) is 0 Å². The normalized spacial score (nSPS) is 12.3. The smallest absolute Gasteiger partial charge is 0.00201 e. The molecule has 0 saturated heterocycles. The van der Waals surface area contributed by atoms with Gasteiger partial charge in [0.2, 0.25) is 0 Å². The molecule has 0 radical (unpaired) electrons. The molecular weight excluding hydrogens is 685 g/mol. The molecule has 8 rings (SSSR count). The molecule has 0 atom stereocenters. The van der Waals surface area contributed by atoms with Crippen molar-refractivity contribution in [1.29, 1.82) is 0 Å². The highest BCUT2D eigenvalue weighted by atomic mass is 14.3. The third-order valence-corrected chi connectivity index (χ3v) is 10.6. The minimum absolute atomic E-state index is 0.00388. The van der Waals surface area contributed by atoms with Crippen LogP contribution in [0.1, 0.15) is 134 Å². The first-order valence-corrected chi connectivity index (χ1v) is 21.5. The third-order valence-electron chi connectivity index (χ3n) is 10.6. The Bertz CT molecular complexity index is 2520. The second-order valence-corrected chi connectivity index (χ2v) is 20.0. The molecule has 7 aromatic rings. The van der Waals surface area contributed by atoms with Gasteiger partial charge in [-0.25, -0.2) is 0 Å². The van der Waals surface area contributed by atoms with E-state index >= 15 is 0 Å². The van der Waals surface area contributed by atoms with Crippen LogP contribution in [0.2, 0.25) is 0 Å². The zero-order valence-corrected chi connectivity index (χ0v) is 38.5. The number of benzene rings is 7. The highest BCUT2D eigenvalue weighted by Crippen LogP contribution is 2.52. The highest BCUT2D eigenvalue weighted by molar-refractivity contribution is 6.21. The van der Waals surface area contributed by atoms with Gasteiger partial charge < -0.3 is 0 Å². The zero-order chi connectivity index (χ0) is 42.2. The van der Waals surface area contributed by atoms with Gasteiger partial charge >= 0.3 is 0 Å². The lowest BCUT2D eigenvalue weighted by Gasteiger charge is -2.26. The van der Waals surface area contributed by atoms with E-state index in [1.807, 2.05) is 27.7 Å². The van der Waals surface area contributed by atoms with E-state index in [-0.39, 0.29) is 16.2 Å². The topological polar surface area (TPSA) is 0 Å². The van der Waals surface area contributed by atoms with Gasteiger partial charge in [-0.15, -0.1) is 0 Å². The highest BCUT2D eigenvalue weighted by Gasteiger charge is 2.28. The fourth-order valence-electron chi connectivity index (χ4n) is 8.15. The SMILES string of the molecule is CC.CC.CC(C)(C)C.CC(C)(C)c1ccc2c(-c3ccc4c5c(cccc35)-c3cc(-c5c(C(C)(C)C)ccc6ccccc56)ccc3-4)c(C(C)(C)C)ccc2c1. The van der Waals surface area contributed by atoms with Crippen LogP contribution in [0.5, 0.6) is 0 Å². The Morgan fingerprint density at radius 2 is 0.842 bits per heavy atom. The molecule has 0 N–H and O–H groups in total. The van der Waals surface area contributed by atoms with Gasteiger partial charge in [0.25, 0.3) is 0 Å². The number of hydrogen-bond donors (Lipinski definition) is 0. The quantitative estimate of drug-likeness (QED) is 0.165. The monoisotopic (exact) mass is 755 g/mol. The summed E-state index contributed by atoms with van der Waals surface area (Å²) < 4.78 is 0. The van der Waals surface area contributed by atoms with Gasteiger partial charge in [0.05, 0.1) is 0 Å². The second kappa shape index (κ2) is 16.3. The summed E-state index contributed by atoms with van der Waals surface area (Å²) in [7, 11) is 0. The van der Waals surface area contributed by atoms with E-state index in [0.717, 1.165) is 0 Å². The van der Waals surface area contributed by atoms with Crippen molar-refractivity contribution in [3.05, 3.63) is 132 Å². The van der Waals surface area contributed by atoms with E-state index < -0.39 is 0 Å². The fourth-order valence-corrected chi connectivity index (χ4v) is 8.15. The lowest BCUT2D eigenvalue weighted by atomic mass is 9.77. The van der Waals surface area contributed by atoms with E-state index in [0.29, 0.717) is 5.41 Å². The summed E-state index contributed by atoms with van der Waals surface area (Å²) >= 11 is 0. The molecule has 0 unspecified atom stereocenters. The molecule has 7 aromatic carbocycles. The average molecular weight is 755 g/mol. The number of rotatable bonds is 2. The zero-order valence-electron chi connectivity index (χ0n) is 38.5. The molecule has 0 amide bonds. The first kappa shape index (κ1) is 43.4. The minimum Gasteiger partial charge on any atom is -0.0683 e. The van der Waals surface area contributed by atoms with Crippen molar-refractivity contribution in [2.75, 3.05) is 0 Å². The Balaban J connectivity index is 0.000000633. The van der Waals surface area contributed by atoms with Crippen molar-refractivity contribution >= 4 is 32.3 Å². The van der Waals surface area contributed by atoms with E-state index in [9.17, 15) is 0 Å². The van der Waals surface area contributed by atoms with Gasteiger partial charge in [-0.05, 0) is 121 Å². The number of fused-ring (bicyclic) bond motifs is 5. The lowest BCUT2D eigenvalue weighted by Crippen LogP contribution is -2.14. The standard InChI is InChI=1S/C48H46.C5H12.2C2H6/c1-46(2,3)32-20-22-34-30(27-32)19-26-42(48(7,8)9)45(34)39-24-23-38-35-21-17-31(28-40(35)37-16-12-15-36(39)44(37)38)43-33-14-11-10-13-29(33)18-25-41(43)47(4,5)6;1-5(2,3)4;2*1-2/h10-28H,1-9H3;1-4H3;2*1-2H3. The maximum absolute atomic E-state index is 2.47. The fraction of sp³-hybridized carbons (Fsp3) is 0.368. The molecule has 1 aliphatic rings. The van der Waals surface area contributed by atoms with Crippen LogP contribution in [0.25, 0.3) is 76.8 Å². The van der Waals surface area contributed by atoms with Gasteiger partial charge in [0.1, 0.15) is 0 Å². The Labute approximate surface area is 346 Å². The third kappa shape index (κ3) is 8.77. The van der Waals surface area contributed by atoms with Crippen LogP contribution in [-0.2, 0) is 16.2 Å². The summed E-state index contributed by atoms with van der Waals surface area (Å²) in [5, 5.41) is 7.96. The van der Waals surface area contributed by atoms with Gasteiger partial charge in [0, 0.05) is 0 Å². The van der Waals surface area contributed by atoms with Gasteiger partial charge in [-0.2, -0.15) is 0 Å². The van der Waals surface area contributed by atoms with E-state index in [1.54, 1.807) is 0 Å². The molecule has 0 spiro atoms. The van der Waals surface area contributed by atoms with Crippen molar-refractivity contribution < 1.29 is 0 Å². The average Bonchev–Trinajstić information content (AvgIpc) is 3.47. The van der Waals surface area contributed by atoms with E-state index in [4.69, 9.17) is 0 Å². The molecule has 0 saturated carbocycles. The Morgan fingerprint density at radius 3 is 1.46 bits per heavy atom. The van der Waals surface area contributed by atoms with E-state index in [1.165, 1.54) is 93.5 Å². The molecule has 298 valence electrons. The van der Waals surface area contributed by atoms with Gasteiger partial charge in [-0.3, -0.25) is 0 Å². The van der Waals surface area contributed by atoms with Crippen molar-refractivity contribution in [2.24, 2.45) is 5.41 Å². The molecular formula is C57H70. The maximum atomic E-state index is 2.47. The molecule has 0 nitrogen and oxygen atoms in total. The van der Waals surface area contributed by atoms with Crippen LogP contribution in [-0.4, -0.2) is 0 Å². The molecule has 0 bridgehead atoms. The second-order valence-electron chi connectivity index (χ2n) is 20.0. The van der Waals surface area contributed by atoms with Crippen molar-refractivity contribution in [3.8, 4) is 44.5 Å². The molecule has 1 aliphatic carbocycles. The first-order valence-electron chi connectivity index (χ1n) is 21.5. The summed E-state index contributed by atoms with van der Waals surface area (Å²) in [6.07, 6.45) is 0. The summed E-state index contributed by atoms with van der Waals surface area (Å²) in [5.74, 6) is 0. The van der Waals surface area contributed by atoms with Crippen LogP contribution in [0, 0.1) is 5.41 Å². The maximum Gasteiger partial charge on any atom is -0.00201 e. The van der Waals surface area contributed by atoms with Crippen LogP contribution >= 0.6 is 0 Å². The van der Waals surface area contributed by atoms with Gasteiger partial charge in [-0.1, -0.05) is 227 Å². The molecule has 57 heavy (non-hydrogen) atoms. The van der Waals surface area contributed by atoms with Crippen LogP contribution < -0.4 is 0 Å². The summed E-state index contributed by atoms with van der Waals surface area (Å²) in [6.45, 7) is 37.7. The molecule has 0 heteroatoms. The molecule has 0 fully saturated rings. The molecule has 0 aromatic heterocycles. The van der Waals surface area contributed by atoms with Crippen molar-refractivity contribution in [3.63, 3.8) is 0 Å². The van der Waals surface area contributed by atoms with Crippen LogP contribution in [0.15, 0.2) is 115 Å². The molecule has 0 heterocycles. The number of hydrogen-bond acceptors (Lipinski definition) is 0. The predicted molar refractivity (Wildman–Crippen MR) is 258 cm³/mol. The summed E-state index contributed by atoms with van der Waals surface area (Å²) in [5.41, 5.74) is 15.5. The summed E-state index contributed by atoms with van der Waals surface area (Å²) in [6, 6.07) is 44.2. The Kier molecular flexibility index (Phi) is 12.4. The Hall–Kier alpha value is -4.68. The largest absolute Gasteiger partial charge is 0.0683 e. The summed E-state index contributed by atoms with van der Waals surface area (Å²) in [4.78, 5) is 0. The van der Waals surface area contributed by atoms with Crippen molar-refractivity contribution in [2.45, 2.75) is 134 Å². The predicted octanol–water partition coefficient (Wildman–Crippen LogP) is 18.1.